The van der Waals surface area contributed by atoms with E-state index in [1.165, 1.54) is 19.2 Å². The van der Waals surface area contributed by atoms with Gasteiger partial charge >= 0.3 is 5.97 Å². The van der Waals surface area contributed by atoms with Gasteiger partial charge in [-0.15, -0.1) is 0 Å². The van der Waals surface area contributed by atoms with E-state index in [4.69, 9.17) is 9.47 Å². The molecule has 0 aliphatic carbocycles. The Hall–Kier alpha value is -3.23. The molecule has 0 amide bonds. The van der Waals surface area contributed by atoms with Gasteiger partial charge in [-0.3, -0.25) is 9.88 Å². The fourth-order valence-corrected chi connectivity index (χ4v) is 4.37. The summed E-state index contributed by atoms with van der Waals surface area (Å²) >= 11 is 0. The molecule has 174 valence electrons. The average molecular weight is 453 g/mol. The van der Waals surface area contributed by atoms with Gasteiger partial charge in [0.2, 0.25) is 0 Å². The van der Waals surface area contributed by atoms with E-state index < -0.39 is 5.97 Å². The molecule has 0 unspecified atom stereocenters. The van der Waals surface area contributed by atoms with E-state index >= 15 is 0 Å². The summed E-state index contributed by atoms with van der Waals surface area (Å²) in [5.41, 5.74) is 3.70. The lowest BCUT2D eigenvalue weighted by molar-refractivity contribution is 0.0392. The van der Waals surface area contributed by atoms with Crippen LogP contribution < -0.4 is 4.90 Å². The van der Waals surface area contributed by atoms with E-state index in [0.29, 0.717) is 5.69 Å². The van der Waals surface area contributed by atoms with Gasteiger partial charge < -0.3 is 18.9 Å². The van der Waals surface area contributed by atoms with Gasteiger partial charge in [-0.25, -0.2) is 9.18 Å². The quantitative estimate of drug-likeness (QED) is 0.512. The van der Waals surface area contributed by atoms with E-state index in [2.05, 4.69) is 14.8 Å². The molecular weight excluding hydrogens is 423 g/mol. The molecule has 0 N–H and O–H groups in total. The first kappa shape index (κ1) is 22.9. The molecule has 2 aromatic heterocycles. The Kier molecular flexibility index (Phi) is 7.05. The average Bonchev–Trinajstić information content (AvgIpc) is 3.16. The summed E-state index contributed by atoms with van der Waals surface area (Å²) in [5, 5.41) is 0. The van der Waals surface area contributed by atoms with E-state index in [1.807, 2.05) is 30.8 Å². The van der Waals surface area contributed by atoms with Gasteiger partial charge in [0.15, 0.2) is 0 Å². The highest BCUT2D eigenvalue weighted by atomic mass is 19.1. The number of nitrogens with zero attached hydrogens (tertiary/aromatic N) is 4. The molecule has 1 fully saturated rings. The van der Waals surface area contributed by atoms with Gasteiger partial charge in [-0.05, 0) is 35.4 Å². The number of benzene rings is 1. The second-order valence-corrected chi connectivity index (χ2v) is 8.09. The van der Waals surface area contributed by atoms with Crippen LogP contribution in [0.1, 0.15) is 10.5 Å². The van der Waals surface area contributed by atoms with Crippen LogP contribution in [-0.4, -0.2) is 74.0 Å². The molecule has 3 heterocycles. The number of hydrogen-bond acceptors (Lipinski definition) is 6. The van der Waals surface area contributed by atoms with Crippen LogP contribution in [0.2, 0.25) is 0 Å². The lowest BCUT2D eigenvalue weighted by atomic mass is 9.96. The SMILES string of the molecule is COC(=O)c1c(-c2ccncc2)c(-c2ccc(F)cc2)c(N(C)CCN2CCOCC2)n1C. The molecule has 1 aromatic carbocycles. The van der Waals surface area contributed by atoms with E-state index in [9.17, 15) is 9.18 Å². The molecule has 1 saturated heterocycles. The Morgan fingerprint density at radius 2 is 1.73 bits per heavy atom. The summed E-state index contributed by atoms with van der Waals surface area (Å²) in [6.07, 6.45) is 3.39. The number of hydrogen-bond donors (Lipinski definition) is 0. The van der Waals surface area contributed by atoms with Crippen molar-refractivity contribution in [1.29, 1.82) is 0 Å². The number of halogens is 1. The van der Waals surface area contributed by atoms with Crippen LogP contribution in [0.4, 0.5) is 10.2 Å². The number of pyridine rings is 1. The number of carbonyl (C=O) groups excluding carboxylic acids is 1. The normalized spacial score (nSPS) is 14.3. The number of methoxy groups -OCH3 is 1. The molecule has 8 heteroatoms. The number of aromatic nitrogens is 2. The number of ether oxygens (including phenoxy) is 2. The van der Waals surface area contributed by atoms with Gasteiger partial charge in [-0.1, -0.05) is 12.1 Å². The van der Waals surface area contributed by atoms with Crippen molar-refractivity contribution in [2.75, 3.05) is 58.5 Å². The molecule has 0 atom stereocenters. The third-order valence-electron chi connectivity index (χ3n) is 6.06. The van der Waals surface area contributed by atoms with E-state index in [1.54, 1.807) is 24.5 Å². The van der Waals surface area contributed by atoms with Crippen LogP contribution in [0, 0.1) is 5.82 Å². The fraction of sp³-hybridized carbons (Fsp3) is 0.360. The minimum atomic E-state index is -0.430. The first-order valence-corrected chi connectivity index (χ1v) is 11.0. The highest BCUT2D eigenvalue weighted by molar-refractivity contribution is 6.05. The van der Waals surface area contributed by atoms with Crippen molar-refractivity contribution >= 4 is 11.8 Å². The molecule has 4 rings (SSSR count). The highest BCUT2D eigenvalue weighted by Crippen LogP contribution is 2.44. The molecule has 0 spiro atoms. The number of anilines is 1. The molecule has 3 aromatic rings. The monoisotopic (exact) mass is 452 g/mol. The van der Waals surface area contributed by atoms with E-state index in [0.717, 1.165) is 67.5 Å². The maximum Gasteiger partial charge on any atom is 0.355 e. The maximum absolute atomic E-state index is 13.8. The van der Waals surface area contributed by atoms with E-state index in [-0.39, 0.29) is 5.82 Å². The largest absolute Gasteiger partial charge is 0.464 e. The first-order chi connectivity index (χ1) is 16.0. The predicted octanol–water partition coefficient (Wildman–Crippen LogP) is 3.45. The van der Waals surface area contributed by atoms with Crippen LogP contribution in [0.3, 0.4) is 0 Å². The Morgan fingerprint density at radius 1 is 1.09 bits per heavy atom. The predicted molar refractivity (Wildman–Crippen MR) is 126 cm³/mol. The highest BCUT2D eigenvalue weighted by Gasteiger charge is 2.30. The summed E-state index contributed by atoms with van der Waals surface area (Å²) in [6.45, 7) is 4.91. The molecule has 0 radical (unpaired) electrons. The first-order valence-electron chi connectivity index (χ1n) is 11.0. The summed E-state index contributed by atoms with van der Waals surface area (Å²) < 4.78 is 26.3. The number of esters is 1. The van der Waals surface area contributed by atoms with Crippen molar-refractivity contribution < 1.29 is 18.7 Å². The second kappa shape index (κ2) is 10.1. The van der Waals surface area contributed by atoms with Gasteiger partial charge in [-0.2, -0.15) is 0 Å². The van der Waals surface area contributed by atoms with Crippen molar-refractivity contribution in [3.05, 3.63) is 60.3 Å². The zero-order valence-electron chi connectivity index (χ0n) is 19.3. The zero-order valence-corrected chi connectivity index (χ0v) is 19.3. The number of carbonyl (C=O) groups is 1. The van der Waals surface area contributed by atoms with Crippen molar-refractivity contribution in [2.45, 2.75) is 0 Å². The standard InChI is InChI=1S/C25H29FN4O3/c1-28(12-13-30-14-16-33-17-15-30)24-22(18-4-6-20(26)7-5-18)21(19-8-10-27-11-9-19)23(29(24)2)25(31)32-3/h4-11H,12-17H2,1-3H3. The number of likely N-dealkylation sites (N-methyl/N-ethyl adjacent to an activating group) is 1. The number of morpholine rings is 1. The van der Waals surface area contributed by atoms with Gasteiger partial charge in [0, 0.05) is 63.8 Å². The summed E-state index contributed by atoms with van der Waals surface area (Å²) in [4.78, 5) is 21.6. The molecule has 0 bridgehead atoms. The Morgan fingerprint density at radius 3 is 2.36 bits per heavy atom. The third-order valence-corrected chi connectivity index (χ3v) is 6.06. The Balaban J connectivity index is 1.86. The molecule has 1 aliphatic rings. The van der Waals surface area contributed by atoms with Gasteiger partial charge in [0.1, 0.15) is 17.3 Å². The van der Waals surface area contributed by atoms with Crippen LogP contribution in [0.5, 0.6) is 0 Å². The minimum Gasteiger partial charge on any atom is -0.464 e. The van der Waals surface area contributed by atoms with Crippen molar-refractivity contribution in [1.82, 2.24) is 14.5 Å². The summed E-state index contributed by atoms with van der Waals surface area (Å²) in [7, 11) is 5.26. The zero-order chi connectivity index (χ0) is 23.4. The smallest absolute Gasteiger partial charge is 0.355 e. The fourth-order valence-electron chi connectivity index (χ4n) is 4.37. The van der Waals surface area contributed by atoms with Crippen molar-refractivity contribution in [3.63, 3.8) is 0 Å². The van der Waals surface area contributed by atoms with Crippen LogP contribution >= 0.6 is 0 Å². The lowest BCUT2D eigenvalue weighted by Gasteiger charge is -2.30. The molecular formula is C25H29FN4O3. The Bertz CT molecular complexity index is 1090. The second-order valence-electron chi connectivity index (χ2n) is 8.09. The minimum absolute atomic E-state index is 0.310. The lowest BCUT2D eigenvalue weighted by Crippen LogP contribution is -2.41. The molecule has 1 aliphatic heterocycles. The van der Waals surface area contributed by atoms with Crippen molar-refractivity contribution in [2.24, 2.45) is 7.05 Å². The Labute approximate surface area is 193 Å². The maximum atomic E-state index is 13.8. The van der Waals surface area contributed by atoms with Crippen LogP contribution in [-0.2, 0) is 16.5 Å². The molecule has 0 saturated carbocycles. The molecule has 33 heavy (non-hydrogen) atoms. The summed E-state index contributed by atoms with van der Waals surface area (Å²) in [6, 6.07) is 10.1. The van der Waals surface area contributed by atoms with Crippen LogP contribution in [0.25, 0.3) is 22.3 Å². The van der Waals surface area contributed by atoms with Crippen LogP contribution in [0.15, 0.2) is 48.8 Å². The van der Waals surface area contributed by atoms with Gasteiger partial charge in [0.05, 0.1) is 20.3 Å². The topological polar surface area (TPSA) is 59.8 Å². The summed E-state index contributed by atoms with van der Waals surface area (Å²) in [5.74, 6) is 0.123. The molecule has 7 nitrogen and oxygen atoms in total. The third kappa shape index (κ3) is 4.77. The van der Waals surface area contributed by atoms with Gasteiger partial charge in [0.25, 0.3) is 0 Å². The van der Waals surface area contributed by atoms with Crippen molar-refractivity contribution in [3.8, 4) is 22.3 Å². The number of rotatable bonds is 7.